The lowest BCUT2D eigenvalue weighted by Crippen LogP contribution is -2.20. The van der Waals surface area contributed by atoms with Crippen molar-refractivity contribution in [1.82, 2.24) is 0 Å². The van der Waals surface area contributed by atoms with Gasteiger partial charge < -0.3 is 24.4 Å². The van der Waals surface area contributed by atoms with Gasteiger partial charge in [0.15, 0.2) is 17.3 Å². The molecule has 0 saturated carbocycles. The minimum atomic E-state index is -0.610. The van der Waals surface area contributed by atoms with Gasteiger partial charge in [0.05, 0.1) is 6.42 Å². The van der Waals surface area contributed by atoms with Gasteiger partial charge in [0.2, 0.25) is 12.5 Å². The average molecular weight is 300 g/mol. The number of rotatable bonds is 1. The van der Waals surface area contributed by atoms with Gasteiger partial charge in [-0.05, 0) is 6.07 Å². The second-order valence-corrected chi connectivity index (χ2v) is 5.12. The first kappa shape index (κ1) is 12.8. The van der Waals surface area contributed by atoms with Crippen molar-refractivity contribution in [3.8, 4) is 28.7 Å². The Labute approximate surface area is 125 Å². The molecule has 0 spiro atoms. The number of para-hydroxylation sites is 1. The van der Waals surface area contributed by atoms with Gasteiger partial charge in [-0.15, -0.1) is 0 Å². The van der Waals surface area contributed by atoms with Crippen molar-refractivity contribution in [3.63, 3.8) is 0 Å². The van der Waals surface area contributed by atoms with E-state index in [-0.39, 0.29) is 47.6 Å². The number of ether oxygens (including phenoxy) is 3. The maximum Gasteiger partial charge on any atom is 0.231 e. The summed E-state index contributed by atoms with van der Waals surface area (Å²) in [4.78, 5) is 12.4. The van der Waals surface area contributed by atoms with Gasteiger partial charge in [0, 0.05) is 11.6 Å². The lowest BCUT2D eigenvalue weighted by Gasteiger charge is -2.26. The molecule has 2 aliphatic heterocycles. The fraction of sp³-hybridized carbons (Fsp3) is 0.188. The summed E-state index contributed by atoms with van der Waals surface area (Å²) in [5.74, 6) is 0.259. The number of hydrogen-bond acceptors (Lipinski definition) is 6. The van der Waals surface area contributed by atoms with E-state index >= 15 is 0 Å². The Morgan fingerprint density at radius 2 is 1.91 bits per heavy atom. The number of aromatic hydroxyl groups is 2. The maximum absolute atomic E-state index is 12.4. The van der Waals surface area contributed by atoms with E-state index in [1.54, 1.807) is 18.2 Å². The molecule has 0 bridgehead atoms. The molecular formula is C16H12O6. The molecule has 0 aromatic heterocycles. The van der Waals surface area contributed by atoms with Gasteiger partial charge in [-0.1, -0.05) is 18.2 Å². The van der Waals surface area contributed by atoms with Crippen LogP contribution in [0.15, 0.2) is 30.3 Å². The molecule has 0 saturated heterocycles. The second kappa shape index (κ2) is 4.56. The molecule has 6 nitrogen and oxygen atoms in total. The zero-order valence-corrected chi connectivity index (χ0v) is 11.4. The number of phenols is 2. The molecule has 4 rings (SSSR count). The summed E-state index contributed by atoms with van der Waals surface area (Å²) in [6.07, 6.45) is -0.585. The number of carbonyl (C=O) groups is 1. The molecule has 0 radical (unpaired) electrons. The summed E-state index contributed by atoms with van der Waals surface area (Å²) in [5.41, 5.74) is 0.620. The third-order valence-electron chi connectivity index (χ3n) is 3.80. The van der Waals surface area contributed by atoms with Crippen LogP contribution >= 0.6 is 0 Å². The van der Waals surface area contributed by atoms with Gasteiger partial charge in [-0.25, -0.2) is 0 Å². The van der Waals surface area contributed by atoms with Crippen LogP contribution in [0.4, 0.5) is 0 Å². The SMILES string of the molecule is O=C1C[C@H](c2ccccc2O)Oc2cc3c(c(O)c21)OCO3. The van der Waals surface area contributed by atoms with Crippen molar-refractivity contribution in [1.29, 1.82) is 0 Å². The standard InChI is InChI=1S/C16H12O6/c17-9-4-2-1-3-8(9)11-5-10(18)14-12(22-11)6-13-16(15(14)19)21-7-20-13/h1-4,6,11,17,19H,5,7H2/t11-/m1/s1. The van der Waals surface area contributed by atoms with Crippen molar-refractivity contribution in [2.24, 2.45) is 0 Å². The molecule has 2 aromatic carbocycles. The molecule has 1 atom stereocenters. The molecule has 2 aromatic rings. The van der Waals surface area contributed by atoms with E-state index in [4.69, 9.17) is 14.2 Å². The van der Waals surface area contributed by atoms with Crippen LogP contribution in [0.1, 0.15) is 28.4 Å². The summed E-state index contributed by atoms with van der Waals surface area (Å²) in [6, 6.07) is 8.22. The van der Waals surface area contributed by atoms with Crippen molar-refractivity contribution >= 4 is 5.78 Å². The normalized spacial score (nSPS) is 18.7. The van der Waals surface area contributed by atoms with Crippen LogP contribution in [0.2, 0.25) is 0 Å². The number of Topliss-reactive ketones (excluding diaryl/α,β-unsaturated/α-hetero) is 1. The van der Waals surface area contributed by atoms with E-state index in [0.717, 1.165) is 0 Å². The molecule has 0 fully saturated rings. The Morgan fingerprint density at radius 3 is 2.73 bits per heavy atom. The number of benzene rings is 2. The first-order chi connectivity index (χ1) is 10.6. The molecule has 0 unspecified atom stereocenters. The minimum Gasteiger partial charge on any atom is -0.508 e. The van der Waals surface area contributed by atoms with E-state index in [9.17, 15) is 15.0 Å². The summed E-state index contributed by atoms with van der Waals surface area (Å²) in [5, 5.41) is 20.1. The third-order valence-corrected chi connectivity index (χ3v) is 3.80. The van der Waals surface area contributed by atoms with E-state index < -0.39 is 6.10 Å². The number of phenolic OH excluding ortho intramolecular Hbond substituents is 2. The van der Waals surface area contributed by atoms with E-state index in [0.29, 0.717) is 11.3 Å². The Bertz CT molecular complexity index is 782. The third kappa shape index (κ3) is 1.77. The predicted octanol–water partition coefficient (Wildman–Crippen LogP) is 2.53. The predicted molar refractivity (Wildman–Crippen MR) is 74.7 cm³/mol. The zero-order valence-electron chi connectivity index (χ0n) is 11.4. The Balaban J connectivity index is 1.80. The first-order valence-corrected chi connectivity index (χ1v) is 6.78. The fourth-order valence-corrected chi connectivity index (χ4v) is 2.76. The van der Waals surface area contributed by atoms with Crippen LogP contribution in [-0.4, -0.2) is 22.8 Å². The fourth-order valence-electron chi connectivity index (χ4n) is 2.76. The summed E-state index contributed by atoms with van der Waals surface area (Å²) in [7, 11) is 0. The molecule has 2 aliphatic rings. The van der Waals surface area contributed by atoms with Crippen molar-refractivity contribution in [3.05, 3.63) is 41.5 Å². The number of fused-ring (bicyclic) bond motifs is 2. The zero-order chi connectivity index (χ0) is 15.3. The van der Waals surface area contributed by atoms with Gasteiger partial charge >= 0.3 is 0 Å². The topological polar surface area (TPSA) is 85.2 Å². The van der Waals surface area contributed by atoms with Gasteiger partial charge in [0.1, 0.15) is 23.2 Å². The van der Waals surface area contributed by atoms with Gasteiger partial charge in [0.25, 0.3) is 0 Å². The molecular weight excluding hydrogens is 288 g/mol. The van der Waals surface area contributed by atoms with Gasteiger partial charge in [-0.2, -0.15) is 0 Å². The van der Waals surface area contributed by atoms with Crippen LogP contribution in [0.3, 0.4) is 0 Å². The monoisotopic (exact) mass is 300 g/mol. The maximum atomic E-state index is 12.4. The molecule has 0 aliphatic carbocycles. The summed E-state index contributed by atoms with van der Waals surface area (Å²) < 4.78 is 16.2. The Morgan fingerprint density at radius 1 is 1.09 bits per heavy atom. The molecule has 2 N–H and O–H groups in total. The first-order valence-electron chi connectivity index (χ1n) is 6.78. The minimum absolute atomic E-state index is 0.0110. The molecule has 22 heavy (non-hydrogen) atoms. The molecule has 2 heterocycles. The van der Waals surface area contributed by atoms with E-state index in [1.807, 2.05) is 0 Å². The molecule has 112 valence electrons. The highest BCUT2D eigenvalue weighted by Crippen LogP contribution is 2.50. The number of carbonyl (C=O) groups excluding carboxylic acids is 1. The van der Waals surface area contributed by atoms with Crippen molar-refractivity contribution in [2.75, 3.05) is 6.79 Å². The van der Waals surface area contributed by atoms with Crippen LogP contribution in [-0.2, 0) is 0 Å². The highest BCUT2D eigenvalue weighted by atomic mass is 16.7. The summed E-state index contributed by atoms with van der Waals surface area (Å²) in [6.45, 7) is -0.0110. The van der Waals surface area contributed by atoms with E-state index in [2.05, 4.69) is 0 Å². The lowest BCUT2D eigenvalue weighted by molar-refractivity contribution is 0.0842. The molecule has 6 heteroatoms. The Hall–Kier alpha value is -2.89. The van der Waals surface area contributed by atoms with Crippen LogP contribution < -0.4 is 14.2 Å². The second-order valence-electron chi connectivity index (χ2n) is 5.12. The van der Waals surface area contributed by atoms with Crippen LogP contribution in [0, 0.1) is 0 Å². The number of ketones is 1. The number of hydrogen-bond donors (Lipinski definition) is 2. The van der Waals surface area contributed by atoms with Crippen LogP contribution in [0.5, 0.6) is 28.7 Å². The average Bonchev–Trinajstić information content (AvgIpc) is 2.96. The largest absolute Gasteiger partial charge is 0.508 e. The smallest absolute Gasteiger partial charge is 0.231 e. The van der Waals surface area contributed by atoms with Crippen molar-refractivity contribution < 1.29 is 29.2 Å². The highest BCUT2D eigenvalue weighted by Gasteiger charge is 2.35. The van der Waals surface area contributed by atoms with Crippen molar-refractivity contribution in [2.45, 2.75) is 12.5 Å². The quantitative estimate of drug-likeness (QED) is 0.842. The lowest BCUT2D eigenvalue weighted by atomic mass is 9.94. The summed E-state index contributed by atoms with van der Waals surface area (Å²) >= 11 is 0. The highest BCUT2D eigenvalue weighted by molar-refractivity contribution is 6.03. The molecule has 0 amide bonds. The van der Waals surface area contributed by atoms with E-state index in [1.165, 1.54) is 12.1 Å². The van der Waals surface area contributed by atoms with Gasteiger partial charge in [-0.3, -0.25) is 4.79 Å². The Kier molecular flexibility index (Phi) is 2.66. The van der Waals surface area contributed by atoms with Crippen LogP contribution in [0.25, 0.3) is 0 Å².